The third-order valence-electron chi connectivity index (χ3n) is 4.10. The molecule has 0 aliphatic carbocycles. The normalized spacial score (nSPS) is 11.0. The van der Waals surface area contributed by atoms with Gasteiger partial charge >= 0.3 is 11.9 Å². The molecule has 0 fully saturated rings. The van der Waals surface area contributed by atoms with E-state index in [0.717, 1.165) is 0 Å². The Bertz CT molecular complexity index is 921. The van der Waals surface area contributed by atoms with Crippen molar-refractivity contribution in [3.63, 3.8) is 0 Å². The molecule has 1 unspecified atom stereocenters. The van der Waals surface area contributed by atoms with Crippen LogP contribution in [0.1, 0.15) is 37.9 Å². The SMILES string of the molecule is CCOC(=O)COc1ccc(OCC)cc1C(Nc1ccc(C#N)cc1)C(=O)OCC. The van der Waals surface area contributed by atoms with Gasteiger partial charge in [0.05, 0.1) is 31.5 Å². The van der Waals surface area contributed by atoms with E-state index in [1.54, 1.807) is 56.3 Å². The van der Waals surface area contributed by atoms with Crippen LogP contribution in [0.15, 0.2) is 42.5 Å². The number of rotatable bonds is 11. The summed E-state index contributed by atoms with van der Waals surface area (Å²) in [6.07, 6.45) is 0. The number of hydrogen-bond donors (Lipinski definition) is 1. The first-order valence-corrected chi connectivity index (χ1v) is 10.0. The summed E-state index contributed by atoms with van der Waals surface area (Å²) in [5, 5.41) is 12.1. The lowest BCUT2D eigenvalue weighted by molar-refractivity contribution is -0.145. The Balaban J connectivity index is 2.41. The fraction of sp³-hybridized carbons (Fsp3) is 0.348. The first-order chi connectivity index (χ1) is 15.0. The number of nitriles is 1. The molecule has 1 N–H and O–H groups in total. The minimum absolute atomic E-state index is 0.189. The van der Waals surface area contributed by atoms with E-state index in [0.29, 0.717) is 34.9 Å². The van der Waals surface area contributed by atoms with Gasteiger partial charge in [-0.1, -0.05) is 0 Å². The number of ether oxygens (including phenoxy) is 4. The summed E-state index contributed by atoms with van der Waals surface area (Å²) < 4.78 is 21.4. The van der Waals surface area contributed by atoms with Crippen molar-refractivity contribution in [3.8, 4) is 17.6 Å². The highest BCUT2D eigenvalue weighted by atomic mass is 16.6. The molecule has 164 valence electrons. The Labute approximate surface area is 181 Å². The number of carbonyl (C=O) groups excluding carboxylic acids is 2. The van der Waals surface area contributed by atoms with Gasteiger partial charge in [0, 0.05) is 11.3 Å². The molecule has 0 saturated carbocycles. The largest absolute Gasteiger partial charge is 0.494 e. The summed E-state index contributed by atoms with van der Waals surface area (Å²) in [5.41, 5.74) is 1.54. The molecule has 0 spiro atoms. The lowest BCUT2D eigenvalue weighted by Gasteiger charge is -2.22. The minimum atomic E-state index is -0.939. The summed E-state index contributed by atoms with van der Waals surface area (Å²) in [6, 6.07) is 12.8. The summed E-state index contributed by atoms with van der Waals surface area (Å²) in [4.78, 5) is 24.6. The monoisotopic (exact) mass is 426 g/mol. The topological polar surface area (TPSA) is 107 Å². The molecular weight excluding hydrogens is 400 g/mol. The zero-order chi connectivity index (χ0) is 22.6. The first kappa shape index (κ1) is 23.5. The number of nitrogens with one attached hydrogen (secondary N) is 1. The molecule has 2 aromatic carbocycles. The minimum Gasteiger partial charge on any atom is -0.494 e. The molecule has 0 aliphatic rings. The molecular formula is C23H26N2O6. The maximum absolute atomic E-state index is 12.8. The maximum atomic E-state index is 12.8. The number of benzene rings is 2. The third-order valence-corrected chi connectivity index (χ3v) is 4.10. The number of carbonyl (C=O) groups is 2. The van der Waals surface area contributed by atoms with Crippen LogP contribution >= 0.6 is 0 Å². The van der Waals surface area contributed by atoms with E-state index >= 15 is 0 Å². The lowest BCUT2D eigenvalue weighted by Crippen LogP contribution is -2.25. The van der Waals surface area contributed by atoms with Crippen molar-refractivity contribution in [1.29, 1.82) is 5.26 Å². The Morgan fingerprint density at radius 2 is 1.68 bits per heavy atom. The van der Waals surface area contributed by atoms with Crippen LogP contribution in [-0.4, -0.2) is 38.4 Å². The van der Waals surface area contributed by atoms with Gasteiger partial charge in [-0.2, -0.15) is 5.26 Å². The van der Waals surface area contributed by atoms with Gasteiger partial charge in [-0.05, 0) is 63.2 Å². The van der Waals surface area contributed by atoms with Crippen LogP contribution in [0.3, 0.4) is 0 Å². The Morgan fingerprint density at radius 1 is 0.968 bits per heavy atom. The van der Waals surface area contributed by atoms with Crippen molar-refractivity contribution in [3.05, 3.63) is 53.6 Å². The predicted octanol–water partition coefficient (Wildman–Crippen LogP) is 3.62. The van der Waals surface area contributed by atoms with Gasteiger partial charge < -0.3 is 24.3 Å². The van der Waals surface area contributed by atoms with Crippen LogP contribution in [0, 0.1) is 11.3 Å². The molecule has 0 amide bonds. The molecule has 0 aliphatic heterocycles. The molecule has 1 atom stereocenters. The average Bonchev–Trinajstić information content (AvgIpc) is 2.77. The van der Waals surface area contributed by atoms with E-state index in [2.05, 4.69) is 11.4 Å². The van der Waals surface area contributed by atoms with Crippen molar-refractivity contribution in [1.82, 2.24) is 0 Å². The number of nitrogens with zero attached hydrogens (tertiary/aromatic N) is 1. The van der Waals surface area contributed by atoms with Crippen LogP contribution in [0.5, 0.6) is 11.5 Å². The number of esters is 2. The van der Waals surface area contributed by atoms with E-state index in [1.165, 1.54) is 0 Å². The Kier molecular flexibility index (Phi) is 9.17. The molecule has 8 nitrogen and oxygen atoms in total. The zero-order valence-corrected chi connectivity index (χ0v) is 17.8. The van der Waals surface area contributed by atoms with Crippen molar-refractivity contribution >= 4 is 17.6 Å². The van der Waals surface area contributed by atoms with Gasteiger partial charge in [0.1, 0.15) is 11.5 Å². The third kappa shape index (κ3) is 6.93. The second kappa shape index (κ2) is 12.1. The Hall–Kier alpha value is -3.73. The number of anilines is 1. The average molecular weight is 426 g/mol. The molecule has 0 radical (unpaired) electrons. The van der Waals surface area contributed by atoms with Gasteiger partial charge in [-0.15, -0.1) is 0 Å². The summed E-state index contributed by atoms with van der Waals surface area (Å²) in [5.74, 6) is -0.191. The molecule has 0 bridgehead atoms. The highest BCUT2D eigenvalue weighted by molar-refractivity contribution is 5.82. The second-order valence-electron chi connectivity index (χ2n) is 6.24. The van der Waals surface area contributed by atoms with E-state index < -0.39 is 18.0 Å². The molecule has 8 heteroatoms. The highest BCUT2D eigenvalue weighted by Gasteiger charge is 2.27. The van der Waals surface area contributed by atoms with Gasteiger partial charge in [0.25, 0.3) is 0 Å². The predicted molar refractivity (Wildman–Crippen MR) is 114 cm³/mol. The van der Waals surface area contributed by atoms with Crippen molar-refractivity contribution in [2.75, 3.05) is 31.7 Å². The van der Waals surface area contributed by atoms with Crippen LogP contribution < -0.4 is 14.8 Å². The summed E-state index contributed by atoms with van der Waals surface area (Å²) >= 11 is 0. The fourth-order valence-corrected chi connectivity index (χ4v) is 2.78. The maximum Gasteiger partial charge on any atom is 0.344 e. The van der Waals surface area contributed by atoms with E-state index in [1.807, 2.05) is 6.92 Å². The lowest BCUT2D eigenvalue weighted by atomic mass is 10.0. The van der Waals surface area contributed by atoms with Gasteiger partial charge in [0.15, 0.2) is 12.6 Å². The highest BCUT2D eigenvalue weighted by Crippen LogP contribution is 2.33. The van der Waals surface area contributed by atoms with Crippen LogP contribution in [0.4, 0.5) is 5.69 Å². The molecule has 0 saturated heterocycles. The standard InChI is InChI=1S/C23H26N2O6/c1-4-28-18-11-12-20(31-15-21(26)29-5-2)19(13-18)22(23(27)30-6-3)25-17-9-7-16(14-24)8-10-17/h7-13,22,25H,4-6,15H2,1-3H3. The molecule has 0 heterocycles. The molecule has 0 aromatic heterocycles. The molecule has 2 rings (SSSR count). The van der Waals surface area contributed by atoms with E-state index in [-0.39, 0.29) is 19.8 Å². The first-order valence-electron chi connectivity index (χ1n) is 10.0. The Morgan fingerprint density at radius 3 is 2.29 bits per heavy atom. The van der Waals surface area contributed by atoms with Crippen LogP contribution in [-0.2, 0) is 19.1 Å². The van der Waals surface area contributed by atoms with Crippen LogP contribution in [0.25, 0.3) is 0 Å². The second-order valence-corrected chi connectivity index (χ2v) is 6.24. The van der Waals surface area contributed by atoms with Gasteiger partial charge in [-0.3, -0.25) is 0 Å². The van der Waals surface area contributed by atoms with Crippen LogP contribution in [0.2, 0.25) is 0 Å². The smallest absolute Gasteiger partial charge is 0.344 e. The summed E-state index contributed by atoms with van der Waals surface area (Å²) in [6.45, 7) is 5.84. The zero-order valence-electron chi connectivity index (χ0n) is 17.8. The number of hydrogen-bond acceptors (Lipinski definition) is 8. The van der Waals surface area contributed by atoms with E-state index in [4.69, 9.17) is 24.2 Å². The van der Waals surface area contributed by atoms with Crippen molar-refractivity contribution < 1.29 is 28.5 Å². The summed E-state index contributed by atoms with van der Waals surface area (Å²) in [7, 11) is 0. The van der Waals surface area contributed by atoms with Gasteiger partial charge in [0.2, 0.25) is 0 Å². The quantitative estimate of drug-likeness (QED) is 0.543. The van der Waals surface area contributed by atoms with Crippen molar-refractivity contribution in [2.24, 2.45) is 0 Å². The van der Waals surface area contributed by atoms with E-state index in [9.17, 15) is 9.59 Å². The molecule has 2 aromatic rings. The molecule has 31 heavy (non-hydrogen) atoms. The fourth-order valence-electron chi connectivity index (χ4n) is 2.78. The van der Waals surface area contributed by atoms with Gasteiger partial charge in [-0.25, -0.2) is 9.59 Å². The van der Waals surface area contributed by atoms with Crippen molar-refractivity contribution in [2.45, 2.75) is 26.8 Å².